The number of fused-ring (bicyclic) bond motifs is 3. The van der Waals surface area contributed by atoms with E-state index < -0.39 is 0 Å². The van der Waals surface area contributed by atoms with E-state index in [1.165, 1.54) is 16.9 Å². The zero-order valence-electron chi connectivity index (χ0n) is 15.7. The molecule has 1 aromatic carbocycles. The van der Waals surface area contributed by atoms with Crippen LogP contribution in [-0.4, -0.2) is 20.2 Å². The number of aryl methyl sites for hydroxylation is 3. The second-order valence-corrected chi connectivity index (χ2v) is 9.41. The third-order valence-electron chi connectivity index (χ3n) is 4.77. The van der Waals surface area contributed by atoms with E-state index in [0.29, 0.717) is 24.1 Å². The molecule has 1 aliphatic carbocycles. The van der Waals surface area contributed by atoms with Crippen LogP contribution < -0.4 is 5.32 Å². The number of halogens is 1. The molecule has 1 N–H and O–H groups in total. The molecule has 3 aromatic heterocycles. The largest absolute Gasteiger partial charge is 0.424 e. The van der Waals surface area contributed by atoms with Crippen molar-refractivity contribution in [2.24, 2.45) is 0 Å². The van der Waals surface area contributed by atoms with Gasteiger partial charge in [0.15, 0.2) is 0 Å². The van der Waals surface area contributed by atoms with Crippen molar-refractivity contribution >= 4 is 50.7 Å². The maximum Gasteiger partial charge on any atom is 0.235 e. The molecule has 3 heterocycles. The Labute approximate surface area is 181 Å². The molecule has 9 heteroatoms. The molecule has 6 nitrogen and oxygen atoms in total. The van der Waals surface area contributed by atoms with Crippen LogP contribution in [0, 0.1) is 6.92 Å². The fourth-order valence-electron chi connectivity index (χ4n) is 3.48. The number of thiophene rings is 1. The molecule has 0 amide bonds. The fourth-order valence-corrected chi connectivity index (χ4v) is 5.64. The molecule has 0 radical (unpaired) electrons. The Hall–Kier alpha value is -2.16. The Balaban J connectivity index is 1.44. The molecule has 0 saturated heterocycles. The zero-order valence-corrected chi connectivity index (χ0v) is 18.1. The zero-order chi connectivity index (χ0) is 19.8. The lowest BCUT2D eigenvalue weighted by molar-refractivity contribution is 0.474. The van der Waals surface area contributed by atoms with Crippen molar-refractivity contribution in [2.75, 3.05) is 5.32 Å². The average Bonchev–Trinajstić information content (AvgIpc) is 3.41. The van der Waals surface area contributed by atoms with Crippen LogP contribution in [0.2, 0.25) is 5.02 Å². The summed E-state index contributed by atoms with van der Waals surface area (Å²) in [5, 5.41) is 13.3. The van der Waals surface area contributed by atoms with Gasteiger partial charge in [0.2, 0.25) is 11.8 Å². The highest BCUT2D eigenvalue weighted by Crippen LogP contribution is 2.40. The summed E-state index contributed by atoms with van der Waals surface area (Å²) < 4.78 is 5.50. The van der Waals surface area contributed by atoms with Gasteiger partial charge in [0.25, 0.3) is 0 Å². The third-order valence-corrected chi connectivity index (χ3v) is 7.21. The number of rotatable bonds is 6. The Morgan fingerprint density at radius 3 is 2.83 bits per heavy atom. The van der Waals surface area contributed by atoms with Crippen LogP contribution in [-0.2, 0) is 25.1 Å². The van der Waals surface area contributed by atoms with Gasteiger partial charge in [-0.2, -0.15) is 0 Å². The first-order valence-corrected chi connectivity index (χ1v) is 11.6. The second kappa shape index (κ2) is 7.93. The third kappa shape index (κ3) is 3.97. The number of hydrogen-bond donors (Lipinski definition) is 1. The summed E-state index contributed by atoms with van der Waals surface area (Å²) in [6.07, 6.45) is 3.42. The fraction of sp³-hybridized carbons (Fsp3) is 0.300. The van der Waals surface area contributed by atoms with E-state index in [1.54, 1.807) is 30.0 Å². The molecule has 4 aromatic rings. The number of hydrogen-bond acceptors (Lipinski definition) is 8. The van der Waals surface area contributed by atoms with Gasteiger partial charge in [-0.3, -0.25) is 0 Å². The number of benzene rings is 1. The van der Waals surface area contributed by atoms with Crippen LogP contribution in [0.15, 0.2) is 33.6 Å². The highest BCUT2D eigenvalue weighted by atomic mass is 35.5. The number of anilines is 1. The Bertz CT molecular complexity index is 1170. The summed E-state index contributed by atoms with van der Waals surface area (Å²) in [6, 6.07) is 7.83. The van der Waals surface area contributed by atoms with E-state index in [2.05, 4.69) is 15.5 Å². The van der Waals surface area contributed by atoms with Crippen molar-refractivity contribution in [2.45, 2.75) is 43.4 Å². The Kier molecular flexibility index (Phi) is 5.15. The predicted molar refractivity (Wildman–Crippen MR) is 117 cm³/mol. The first kappa shape index (κ1) is 18.8. The lowest BCUT2D eigenvalue weighted by Gasteiger charge is -2.09. The number of thioether (sulfide) groups is 1. The Morgan fingerprint density at radius 1 is 1.17 bits per heavy atom. The summed E-state index contributed by atoms with van der Waals surface area (Å²) in [7, 11) is 0. The van der Waals surface area contributed by atoms with Gasteiger partial charge in [-0.05, 0) is 49.1 Å². The van der Waals surface area contributed by atoms with Gasteiger partial charge < -0.3 is 9.73 Å². The summed E-state index contributed by atoms with van der Waals surface area (Å²) in [5.41, 5.74) is 1.39. The van der Waals surface area contributed by atoms with E-state index in [0.717, 1.165) is 44.6 Å². The second-order valence-electron chi connectivity index (χ2n) is 6.84. The van der Waals surface area contributed by atoms with Gasteiger partial charge in [0.05, 0.1) is 17.7 Å². The first-order chi connectivity index (χ1) is 14.2. The van der Waals surface area contributed by atoms with Gasteiger partial charge in [-0.25, -0.2) is 9.97 Å². The quantitative estimate of drug-likeness (QED) is 0.398. The van der Waals surface area contributed by atoms with Crippen LogP contribution in [0.3, 0.4) is 0 Å². The molecule has 0 spiro atoms. The van der Waals surface area contributed by atoms with Crippen molar-refractivity contribution in [3.05, 3.63) is 57.3 Å². The smallest absolute Gasteiger partial charge is 0.235 e. The van der Waals surface area contributed by atoms with Gasteiger partial charge in [-0.1, -0.05) is 11.6 Å². The molecule has 5 rings (SSSR count). The minimum absolute atomic E-state index is 0.446. The maximum atomic E-state index is 5.98. The first-order valence-electron chi connectivity index (χ1n) is 9.38. The molecule has 1 aliphatic rings. The molecule has 0 bridgehead atoms. The lowest BCUT2D eigenvalue weighted by atomic mass is 10.2. The SMILES string of the molecule is Cc1nnc(CNc2nc(CSc3ccc(Cl)cc3)nc3sc4c(c23)CCC4)o1. The molecule has 29 heavy (non-hydrogen) atoms. The van der Waals surface area contributed by atoms with E-state index in [9.17, 15) is 0 Å². The van der Waals surface area contributed by atoms with E-state index in [4.69, 9.17) is 26.0 Å². The van der Waals surface area contributed by atoms with Crippen LogP contribution in [0.4, 0.5) is 5.82 Å². The van der Waals surface area contributed by atoms with Gasteiger partial charge in [-0.15, -0.1) is 33.3 Å². The highest BCUT2D eigenvalue weighted by Gasteiger charge is 2.22. The van der Waals surface area contributed by atoms with Gasteiger partial charge >= 0.3 is 0 Å². The molecular weight excluding hydrogens is 426 g/mol. The highest BCUT2D eigenvalue weighted by molar-refractivity contribution is 7.98. The Morgan fingerprint density at radius 2 is 2.03 bits per heavy atom. The van der Waals surface area contributed by atoms with Crippen molar-refractivity contribution < 1.29 is 4.42 Å². The van der Waals surface area contributed by atoms with Gasteiger partial charge in [0, 0.05) is 21.7 Å². The summed E-state index contributed by atoms with van der Waals surface area (Å²) in [6.45, 7) is 2.23. The van der Waals surface area contributed by atoms with Crippen molar-refractivity contribution in [3.8, 4) is 0 Å². The number of nitrogens with zero attached hydrogens (tertiary/aromatic N) is 4. The minimum Gasteiger partial charge on any atom is -0.424 e. The van der Waals surface area contributed by atoms with Crippen LogP contribution in [0.25, 0.3) is 10.2 Å². The van der Waals surface area contributed by atoms with Crippen LogP contribution >= 0.6 is 34.7 Å². The number of nitrogens with one attached hydrogen (secondary N) is 1. The average molecular weight is 444 g/mol. The maximum absolute atomic E-state index is 5.98. The monoisotopic (exact) mass is 443 g/mol. The van der Waals surface area contributed by atoms with E-state index >= 15 is 0 Å². The summed E-state index contributed by atoms with van der Waals surface area (Å²) in [5.74, 6) is 3.47. The van der Waals surface area contributed by atoms with E-state index in [-0.39, 0.29) is 0 Å². The van der Waals surface area contributed by atoms with Crippen molar-refractivity contribution in [3.63, 3.8) is 0 Å². The van der Waals surface area contributed by atoms with Crippen LogP contribution in [0.1, 0.15) is 34.5 Å². The summed E-state index contributed by atoms with van der Waals surface area (Å²) in [4.78, 5) is 13.3. The van der Waals surface area contributed by atoms with Crippen LogP contribution in [0.5, 0.6) is 0 Å². The summed E-state index contributed by atoms with van der Waals surface area (Å²) >= 11 is 9.48. The molecule has 0 atom stereocenters. The molecule has 0 unspecified atom stereocenters. The standard InChI is InChI=1S/C20H18ClN5OS2/c1-11-25-26-17(27-11)9-22-19-18-14-3-2-4-15(14)29-20(18)24-16(23-19)10-28-13-7-5-12(21)6-8-13/h5-8H,2-4,9-10H2,1H3,(H,22,23,24). The van der Waals surface area contributed by atoms with Crippen molar-refractivity contribution in [1.82, 2.24) is 20.2 Å². The topological polar surface area (TPSA) is 76.7 Å². The predicted octanol–water partition coefficient (Wildman–Crippen LogP) is 5.43. The number of aromatic nitrogens is 4. The lowest BCUT2D eigenvalue weighted by Crippen LogP contribution is -2.05. The minimum atomic E-state index is 0.446. The molecule has 0 saturated carbocycles. The van der Waals surface area contributed by atoms with Gasteiger partial charge in [0.1, 0.15) is 16.5 Å². The molecule has 148 valence electrons. The molecular formula is C20H18ClN5OS2. The molecule has 0 fully saturated rings. The van der Waals surface area contributed by atoms with E-state index in [1.807, 2.05) is 24.3 Å². The van der Waals surface area contributed by atoms with Crippen molar-refractivity contribution in [1.29, 1.82) is 0 Å². The molecule has 0 aliphatic heterocycles. The normalized spacial score (nSPS) is 13.2.